The maximum atomic E-state index is 14.4. The second-order valence-electron chi connectivity index (χ2n) is 7.80. The zero-order valence-corrected chi connectivity index (χ0v) is 15.0. The van der Waals surface area contributed by atoms with Crippen LogP contribution in [0.4, 0.5) is 4.39 Å². The second kappa shape index (κ2) is 7.13. The molecule has 3 fully saturated rings. The quantitative estimate of drug-likeness (QED) is 0.720. The van der Waals surface area contributed by atoms with E-state index >= 15 is 0 Å². The van der Waals surface area contributed by atoms with Crippen molar-refractivity contribution in [1.29, 1.82) is 0 Å². The standard InChI is InChI=1S/C20H26FNO.ClH/c21-18-6-2-1-5-17(18)20(11-3-4-12-20)19(23)14-22(16-9-10-16)13-15-7-8-15;/h1-2,5-6,15-16H,3-4,7-14H2;1H. The lowest BCUT2D eigenvalue weighted by molar-refractivity contribution is -0.126. The van der Waals surface area contributed by atoms with Crippen molar-refractivity contribution in [3.8, 4) is 0 Å². The van der Waals surface area contributed by atoms with E-state index in [1.807, 2.05) is 12.1 Å². The summed E-state index contributed by atoms with van der Waals surface area (Å²) in [4.78, 5) is 15.7. The van der Waals surface area contributed by atoms with Crippen LogP contribution in [0.15, 0.2) is 24.3 Å². The van der Waals surface area contributed by atoms with Crippen LogP contribution in [0.25, 0.3) is 0 Å². The monoisotopic (exact) mass is 351 g/mol. The Kier molecular flexibility index (Phi) is 5.31. The number of Topliss-reactive ketones (excluding diaryl/α,β-unsaturated/α-hetero) is 1. The maximum absolute atomic E-state index is 14.4. The first-order chi connectivity index (χ1) is 11.2. The molecule has 0 bridgehead atoms. The van der Waals surface area contributed by atoms with Gasteiger partial charge in [-0.3, -0.25) is 9.69 Å². The molecule has 0 aliphatic heterocycles. The third-order valence-electron chi connectivity index (χ3n) is 5.98. The first-order valence-electron chi connectivity index (χ1n) is 9.21. The minimum atomic E-state index is -0.567. The summed E-state index contributed by atoms with van der Waals surface area (Å²) in [5.74, 6) is 0.854. The molecule has 0 radical (unpaired) electrons. The average molecular weight is 352 g/mol. The minimum Gasteiger partial charge on any atom is -0.297 e. The van der Waals surface area contributed by atoms with E-state index in [1.165, 1.54) is 31.7 Å². The third-order valence-corrected chi connectivity index (χ3v) is 5.98. The Balaban J connectivity index is 0.00000169. The van der Waals surface area contributed by atoms with Crippen molar-refractivity contribution < 1.29 is 9.18 Å². The molecule has 3 aliphatic rings. The maximum Gasteiger partial charge on any atom is 0.157 e. The Hall–Kier alpha value is -0.930. The molecule has 0 spiro atoms. The number of hydrogen-bond acceptors (Lipinski definition) is 2. The van der Waals surface area contributed by atoms with Gasteiger partial charge in [0.15, 0.2) is 5.78 Å². The molecular formula is C20H27ClFNO. The number of nitrogens with zero attached hydrogens (tertiary/aromatic N) is 1. The molecule has 0 atom stereocenters. The molecule has 0 saturated heterocycles. The van der Waals surface area contributed by atoms with Crippen LogP contribution >= 0.6 is 12.4 Å². The van der Waals surface area contributed by atoms with Crippen molar-refractivity contribution in [2.45, 2.75) is 62.8 Å². The van der Waals surface area contributed by atoms with Crippen molar-refractivity contribution in [1.82, 2.24) is 4.90 Å². The lowest BCUT2D eigenvalue weighted by atomic mass is 9.74. The number of halogens is 2. The highest BCUT2D eigenvalue weighted by molar-refractivity contribution is 5.92. The predicted molar refractivity (Wildman–Crippen MR) is 96.1 cm³/mol. The molecule has 24 heavy (non-hydrogen) atoms. The molecule has 4 heteroatoms. The highest BCUT2D eigenvalue weighted by Gasteiger charge is 2.45. The predicted octanol–water partition coefficient (Wildman–Crippen LogP) is 4.50. The zero-order chi connectivity index (χ0) is 15.9. The zero-order valence-electron chi connectivity index (χ0n) is 14.2. The second-order valence-corrected chi connectivity index (χ2v) is 7.80. The molecule has 3 aliphatic carbocycles. The van der Waals surface area contributed by atoms with Crippen LogP contribution in [0.2, 0.25) is 0 Å². The molecule has 3 saturated carbocycles. The van der Waals surface area contributed by atoms with Gasteiger partial charge in [0.05, 0.1) is 12.0 Å². The van der Waals surface area contributed by atoms with Crippen molar-refractivity contribution >= 4 is 18.2 Å². The smallest absolute Gasteiger partial charge is 0.157 e. The van der Waals surface area contributed by atoms with Gasteiger partial charge in [-0.2, -0.15) is 0 Å². The van der Waals surface area contributed by atoms with E-state index < -0.39 is 5.41 Å². The number of rotatable bonds is 7. The number of benzene rings is 1. The van der Waals surface area contributed by atoms with Gasteiger partial charge in [0, 0.05) is 18.2 Å². The molecule has 0 heterocycles. The van der Waals surface area contributed by atoms with Crippen LogP contribution in [0.5, 0.6) is 0 Å². The van der Waals surface area contributed by atoms with Crippen molar-refractivity contribution in [2.24, 2.45) is 5.92 Å². The topological polar surface area (TPSA) is 20.3 Å². The van der Waals surface area contributed by atoms with Gasteiger partial charge in [-0.25, -0.2) is 4.39 Å². The van der Waals surface area contributed by atoms with Crippen LogP contribution in [0.1, 0.15) is 56.9 Å². The molecule has 1 aromatic rings. The average Bonchev–Trinajstić information content (AvgIpc) is 3.47. The largest absolute Gasteiger partial charge is 0.297 e. The lowest BCUT2D eigenvalue weighted by Crippen LogP contribution is -2.43. The van der Waals surface area contributed by atoms with E-state index in [4.69, 9.17) is 0 Å². The molecule has 0 N–H and O–H groups in total. The molecule has 0 aromatic heterocycles. The molecule has 2 nitrogen and oxygen atoms in total. The van der Waals surface area contributed by atoms with Crippen molar-refractivity contribution in [2.75, 3.05) is 13.1 Å². The highest BCUT2D eigenvalue weighted by Crippen LogP contribution is 2.44. The molecule has 132 valence electrons. The third kappa shape index (κ3) is 3.52. The summed E-state index contributed by atoms with van der Waals surface area (Å²) in [7, 11) is 0. The van der Waals surface area contributed by atoms with E-state index in [0.29, 0.717) is 18.2 Å². The Morgan fingerprint density at radius 1 is 1.12 bits per heavy atom. The molecular weight excluding hydrogens is 325 g/mol. The Morgan fingerprint density at radius 2 is 1.79 bits per heavy atom. The fraction of sp³-hybridized carbons (Fsp3) is 0.650. The van der Waals surface area contributed by atoms with Gasteiger partial charge in [0.1, 0.15) is 5.82 Å². The van der Waals surface area contributed by atoms with E-state index in [1.54, 1.807) is 6.07 Å². The molecule has 1 aromatic carbocycles. The van der Waals surface area contributed by atoms with Gasteiger partial charge in [0.2, 0.25) is 0 Å². The van der Waals surface area contributed by atoms with E-state index in [0.717, 1.165) is 38.1 Å². The lowest BCUT2D eigenvalue weighted by Gasteiger charge is -2.32. The summed E-state index contributed by atoms with van der Waals surface area (Å²) < 4.78 is 14.4. The summed E-state index contributed by atoms with van der Waals surface area (Å²) in [6.07, 6.45) is 8.78. The van der Waals surface area contributed by atoms with Gasteiger partial charge in [-0.15, -0.1) is 12.4 Å². The minimum absolute atomic E-state index is 0. The Morgan fingerprint density at radius 3 is 2.38 bits per heavy atom. The summed E-state index contributed by atoms with van der Waals surface area (Å²) >= 11 is 0. The summed E-state index contributed by atoms with van der Waals surface area (Å²) in [6.45, 7) is 1.60. The van der Waals surface area contributed by atoms with E-state index in [-0.39, 0.29) is 24.0 Å². The van der Waals surface area contributed by atoms with Gasteiger partial charge in [0.25, 0.3) is 0 Å². The van der Waals surface area contributed by atoms with Gasteiger partial charge < -0.3 is 0 Å². The number of carbonyl (C=O) groups is 1. The number of ketones is 1. The molecule has 0 amide bonds. The van der Waals surface area contributed by atoms with Crippen molar-refractivity contribution in [3.63, 3.8) is 0 Å². The van der Waals surface area contributed by atoms with Gasteiger partial charge >= 0.3 is 0 Å². The number of hydrogen-bond donors (Lipinski definition) is 0. The van der Waals surface area contributed by atoms with Gasteiger partial charge in [-0.05, 0) is 50.5 Å². The Bertz CT molecular complexity index is 591. The molecule has 4 rings (SSSR count). The highest BCUT2D eigenvalue weighted by atomic mass is 35.5. The Labute approximate surface area is 150 Å². The van der Waals surface area contributed by atoms with E-state index in [9.17, 15) is 9.18 Å². The summed E-state index contributed by atoms with van der Waals surface area (Å²) in [6, 6.07) is 7.54. The fourth-order valence-corrected chi connectivity index (χ4v) is 4.28. The normalized spacial score (nSPS) is 22.4. The van der Waals surface area contributed by atoms with E-state index in [2.05, 4.69) is 4.90 Å². The molecule has 0 unspecified atom stereocenters. The summed E-state index contributed by atoms with van der Waals surface area (Å²) in [5, 5.41) is 0. The first kappa shape index (κ1) is 17.9. The van der Waals surface area contributed by atoms with Gasteiger partial charge in [-0.1, -0.05) is 31.0 Å². The fourth-order valence-electron chi connectivity index (χ4n) is 4.28. The summed E-state index contributed by atoms with van der Waals surface area (Å²) in [5.41, 5.74) is 0.0758. The SMILES string of the molecule is Cl.O=C(CN(CC1CC1)C1CC1)C1(c2ccccc2F)CCCC1. The van der Waals surface area contributed by atoms with Crippen LogP contribution < -0.4 is 0 Å². The number of carbonyl (C=O) groups excluding carboxylic acids is 1. The first-order valence-corrected chi connectivity index (χ1v) is 9.21. The van der Waals surface area contributed by atoms with Crippen LogP contribution in [-0.2, 0) is 10.2 Å². The van der Waals surface area contributed by atoms with Crippen LogP contribution in [-0.4, -0.2) is 29.8 Å². The van der Waals surface area contributed by atoms with Crippen LogP contribution in [0.3, 0.4) is 0 Å². The van der Waals surface area contributed by atoms with Crippen molar-refractivity contribution in [3.05, 3.63) is 35.6 Å². The van der Waals surface area contributed by atoms with Crippen LogP contribution in [0, 0.1) is 11.7 Å².